The topological polar surface area (TPSA) is 46.2 Å². The average Bonchev–Trinajstić information content (AvgIpc) is 2.65. The van der Waals surface area contributed by atoms with Crippen molar-refractivity contribution < 1.29 is 9.59 Å². The third kappa shape index (κ3) is 8.18. The summed E-state index contributed by atoms with van der Waals surface area (Å²) in [5, 5.41) is 2.36. The summed E-state index contributed by atoms with van der Waals surface area (Å²) in [5.41, 5.74) is 1.40. The van der Waals surface area contributed by atoms with Gasteiger partial charge in [-0.1, -0.05) is 62.4 Å². The fourth-order valence-corrected chi connectivity index (χ4v) is 2.08. The summed E-state index contributed by atoms with van der Waals surface area (Å²) in [4.78, 5) is 23.3. The van der Waals surface area contributed by atoms with E-state index in [1.54, 1.807) is 30.5 Å². The first-order valence-electron chi connectivity index (χ1n) is 7.70. The minimum Gasteiger partial charge on any atom is -0.345 e. The van der Waals surface area contributed by atoms with Crippen LogP contribution < -0.4 is 5.32 Å². The maximum absolute atomic E-state index is 12.1. The molecular weight excluding hydrogens is 342 g/mol. The normalized spacial score (nSPS) is 10.2. The van der Waals surface area contributed by atoms with Crippen LogP contribution in [0.2, 0.25) is 0 Å². The molecule has 0 heterocycles. The lowest BCUT2D eigenvalue weighted by Crippen LogP contribution is -2.29. The first-order chi connectivity index (χ1) is 11.7. The number of hydrogen-bond donors (Lipinski definition) is 2. The Balaban J connectivity index is 0.00000123. The van der Waals surface area contributed by atoms with Gasteiger partial charge in [-0.25, -0.2) is 0 Å². The molecule has 1 amide bonds. The lowest BCUT2D eigenvalue weighted by molar-refractivity contribution is -0.112. The van der Waals surface area contributed by atoms with Crippen LogP contribution in [-0.4, -0.2) is 17.4 Å². The van der Waals surface area contributed by atoms with Crippen molar-refractivity contribution in [3.8, 4) is 0 Å². The van der Waals surface area contributed by atoms with Crippen LogP contribution in [0, 0.1) is 0 Å². The number of amides is 1. The van der Waals surface area contributed by atoms with Crippen molar-refractivity contribution in [1.29, 1.82) is 0 Å². The van der Waals surface area contributed by atoms with E-state index in [-0.39, 0.29) is 12.3 Å². The summed E-state index contributed by atoms with van der Waals surface area (Å²) >= 11 is 8.99. The van der Waals surface area contributed by atoms with E-state index < -0.39 is 11.3 Å². The molecule has 2 aromatic rings. The Kier molecular flexibility index (Phi) is 12.6. The standard InChI is InChI=1S/C16H14ClNO2.C2H6.CH4S/c17-15(19)11-14(12-7-3-1-4-8-12)18-16(20)13-9-5-2-6-10-13;2*1-2/h1-10,14H,11H2,(H,18,20);1-2H3;2H,1H3. The summed E-state index contributed by atoms with van der Waals surface area (Å²) in [7, 11) is 0. The van der Waals surface area contributed by atoms with Crippen molar-refractivity contribution in [3.63, 3.8) is 0 Å². The highest BCUT2D eigenvalue weighted by Gasteiger charge is 2.17. The minimum absolute atomic E-state index is 0.0597. The van der Waals surface area contributed by atoms with Gasteiger partial charge in [-0.3, -0.25) is 9.59 Å². The largest absolute Gasteiger partial charge is 0.345 e. The smallest absolute Gasteiger partial charge is 0.251 e. The molecule has 0 aliphatic heterocycles. The van der Waals surface area contributed by atoms with Crippen LogP contribution in [0.4, 0.5) is 0 Å². The number of halogens is 1. The van der Waals surface area contributed by atoms with E-state index in [2.05, 4.69) is 17.9 Å². The molecule has 0 aliphatic rings. The van der Waals surface area contributed by atoms with Gasteiger partial charge in [-0.15, -0.1) is 0 Å². The molecule has 0 saturated carbocycles. The van der Waals surface area contributed by atoms with E-state index in [1.165, 1.54) is 0 Å². The third-order valence-corrected chi connectivity index (χ3v) is 3.06. The van der Waals surface area contributed by atoms with Crippen molar-refractivity contribution in [2.45, 2.75) is 26.3 Å². The second-order valence-electron chi connectivity index (χ2n) is 4.36. The molecule has 2 rings (SSSR count). The van der Waals surface area contributed by atoms with Crippen LogP contribution in [-0.2, 0) is 4.79 Å². The first kappa shape index (κ1) is 22.2. The molecule has 0 saturated heterocycles. The Morgan fingerprint density at radius 1 is 0.958 bits per heavy atom. The van der Waals surface area contributed by atoms with Gasteiger partial charge in [-0.2, -0.15) is 12.6 Å². The number of rotatable bonds is 5. The molecule has 1 unspecified atom stereocenters. The van der Waals surface area contributed by atoms with Crippen LogP contribution in [0.25, 0.3) is 0 Å². The molecular formula is C19H24ClNO2S. The molecule has 24 heavy (non-hydrogen) atoms. The van der Waals surface area contributed by atoms with Gasteiger partial charge < -0.3 is 5.32 Å². The number of nitrogens with one attached hydrogen (secondary N) is 1. The van der Waals surface area contributed by atoms with Gasteiger partial charge in [0.2, 0.25) is 5.24 Å². The Hall–Kier alpha value is -1.78. The second kappa shape index (κ2) is 13.6. The molecule has 0 aliphatic carbocycles. The molecule has 1 atom stereocenters. The van der Waals surface area contributed by atoms with Crippen LogP contribution in [0.1, 0.15) is 42.2 Å². The highest BCUT2D eigenvalue weighted by molar-refractivity contribution is 7.79. The fourth-order valence-electron chi connectivity index (χ4n) is 1.93. The van der Waals surface area contributed by atoms with Crippen LogP contribution >= 0.6 is 24.2 Å². The summed E-state index contributed by atoms with van der Waals surface area (Å²) in [6.07, 6.45) is 1.75. The second-order valence-corrected chi connectivity index (χ2v) is 4.78. The Morgan fingerprint density at radius 2 is 1.42 bits per heavy atom. The predicted molar refractivity (Wildman–Crippen MR) is 105 cm³/mol. The molecule has 0 aromatic heterocycles. The van der Waals surface area contributed by atoms with Gasteiger partial charge in [0.1, 0.15) is 0 Å². The van der Waals surface area contributed by atoms with Crippen molar-refractivity contribution in [3.05, 3.63) is 71.8 Å². The SMILES string of the molecule is CC.CS.O=C(Cl)CC(NC(=O)c1ccccc1)c1ccccc1. The lowest BCUT2D eigenvalue weighted by Gasteiger charge is -2.17. The molecule has 2 aromatic carbocycles. The molecule has 1 N–H and O–H groups in total. The molecule has 5 heteroatoms. The molecule has 0 fully saturated rings. The molecule has 0 spiro atoms. The first-order valence-corrected chi connectivity index (χ1v) is 8.98. The summed E-state index contributed by atoms with van der Waals surface area (Å²) in [6.45, 7) is 4.00. The zero-order valence-corrected chi connectivity index (χ0v) is 15.8. The van der Waals surface area contributed by atoms with E-state index in [4.69, 9.17) is 11.6 Å². The van der Waals surface area contributed by atoms with E-state index in [9.17, 15) is 9.59 Å². The van der Waals surface area contributed by atoms with Crippen molar-refractivity contribution >= 4 is 35.4 Å². The quantitative estimate of drug-likeness (QED) is 0.585. The number of hydrogen-bond acceptors (Lipinski definition) is 3. The molecule has 0 bridgehead atoms. The lowest BCUT2D eigenvalue weighted by atomic mass is 10.0. The van der Waals surface area contributed by atoms with Crippen LogP contribution in [0.5, 0.6) is 0 Å². The maximum atomic E-state index is 12.1. The highest BCUT2D eigenvalue weighted by Crippen LogP contribution is 2.18. The van der Waals surface area contributed by atoms with Gasteiger partial charge in [0.25, 0.3) is 5.91 Å². The summed E-state index contributed by atoms with van der Waals surface area (Å²) in [6, 6.07) is 17.7. The Labute approximate surface area is 154 Å². The zero-order chi connectivity index (χ0) is 18.4. The predicted octanol–water partition coefficient (Wildman–Crippen LogP) is 4.89. The zero-order valence-electron chi connectivity index (χ0n) is 14.2. The maximum Gasteiger partial charge on any atom is 0.251 e. The molecule has 3 nitrogen and oxygen atoms in total. The monoisotopic (exact) mass is 365 g/mol. The Bertz CT molecular complexity index is 591. The van der Waals surface area contributed by atoms with Crippen molar-refractivity contribution in [2.75, 3.05) is 6.26 Å². The van der Waals surface area contributed by atoms with Gasteiger partial charge in [0.15, 0.2) is 0 Å². The van der Waals surface area contributed by atoms with E-state index in [0.717, 1.165) is 5.56 Å². The highest BCUT2D eigenvalue weighted by atomic mass is 35.5. The molecule has 130 valence electrons. The molecule has 0 radical (unpaired) electrons. The third-order valence-electron chi connectivity index (χ3n) is 2.91. The average molecular weight is 366 g/mol. The Morgan fingerprint density at radius 3 is 1.88 bits per heavy atom. The number of thiol groups is 1. The van der Waals surface area contributed by atoms with Crippen LogP contribution in [0.3, 0.4) is 0 Å². The minimum atomic E-state index is -0.479. The summed E-state index contributed by atoms with van der Waals surface area (Å²) in [5.74, 6) is -0.225. The number of carbonyl (C=O) groups is 2. The number of carbonyl (C=O) groups excluding carboxylic acids is 2. The van der Waals surface area contributed by atoms with Crippen LogP contribution in [0.15, 0.2) is 60.7 Å². The van der Waals surface area contributed by atoms with E-state index in [0.29, 0.717) is 5.56 Å². The van der Waals surface area contributed by atoms with E-state index >= 15 is 0 Å². The van der Waals surface area contributed by atoms with E-state index in [1.807, 2.05) is 50.2 Å². The van der Waals surface area contributed by atoms with Gasteiger partial charge >= 0.3 is 0 Å². The van der Waals surface area contributed by atoms with Crippen molar-refractivity contribution in [1.82, 2.24) is 5.32 Å². The fraction of sp³-hybridized carbons (Fsp3) is 0.263. The van der Waals surface area contributed by atoms with Crippen molar-refractivity contribution in [2.24, 2.45) is 0 Å². The summed E-state index contributed by atoms with van der Waals surface area (Å²) < 4.78 is 0. The van der Waals surface area contributed by atoms with Gasteiger partial charge in [0, 0.05) is 12.0 Å². The van der Waals surface area contributed by atoms with Gasteiger partial charge in [-0.05, 0) is 35.6 Å². The van der Waals surface area contributed by atoms with Gasteiger partial charge in [0.05, 0.1) is 6.04 Å². The number of benzene rings is 2.